The highest BCUT2D eigenvalue weighted by molar-refractivity contribution is 7.80. The van der Waals surface area contributed by atoms with Crippen LogP contribution in [0.2, 0.25) is 0 Å². The van der Waals surface area contributed by atoms with Crippen LogP contribution in [0.4, 0.5) is 4.39 Å². The maximum atomic E-state index is 12.9. The van der Waals surface area contributed by atoms with Crippen molar-refractivity contribution >= 4 is 18.6 Å². The third-order valence-corrected chi connectivity index (χ3v) is 1.95. The number of methoxy groups -OCH3 is 1. The van der Waals surface area contributed by atoms with Gasteiger partial charge in [-0.25, -0.2) is 9.18 Å². The quantitative estimate of drug-likeness (QED) is 0.569. The van der Waals surface area contributed by atoms with Gasteiger partial charge in [-0.2, -0.15) is 5.26 Å². The first-order valence-corrected chi connectivity index (χ1v) is 4.05. The van der Waals surface area contributed by atoms with Gasteiger partial charge in [-0.3, -0.25) is 0 Å². The molecular formula is C9H6FNO2S. The lowest BCUT2D eigenvalue weighted by molar-refractivity contribution is 0.0599. The number of carbonyl (C=O) groups excluding carboxylic acids is 1. The van der Waals surface area contributed by atoms with Crippen LogP contribution in [0.1, 0.15) is 15.9 Å². The fourth-order valence-electron chi connectivity index (χ4n) is 0.981. The van der Waals surface area contributed by atoms with Crippen molar-refractivity contribution in [2.24, 2.45) is 0 Å². The second-order valence-corrected chi connectivity index (χ2v) is 2.93. The number of hydrogen-bond acceptors (Lipinski definition) is 4. The van der Waals surface area contributed by atoms with Gasteiger partial charge in [0, 0.05) is 4.90 Å². The minimum atomic E-state index is -0.753. The van der Waals surface area contributed by atoms with Crippen molar-refractivity contribution in [2.75, 3.05) is 7.11 Å². The van der Waals surface area contributed by atoms with Gasteiger partial charge in [0.15, 0.2) is 0 Å². The molecule has 0 bridgehead atoms. The first-order valence-electron chi connectivity index (χ1n) is 3.61. The molecule has 0 amide bonds. The van der Waals surface area contributed by atoms with Crippen molar-refractivity contribution in [1.29, 1.82) is 5.26 Å². The molecular weight excluding hydrogens is 205 g/mol. The fourth-order valence-corrected chi connectivity index (χ4v) is 1.27. The predicted molar refractivity (Wildman–Crippen MR) is 49.7 cm³/mol. The summed E-state index contributed by atoms with van der Waals surface area (Å²) in [6, 6.07) is 3.77. The van der Waals surface area contributed by atoms with E-state index in [4.69, 9.17) is 5.26 Å². The molecule has 1 aromatic carbocycles. The maximum absolute atomic E-state index is 12.9. The Morgan fingerprint density at radius 2 is 2.29 bits per heavy atom. The van der Waals surface area contributed by atoms with Crippen molar-refractivity contribution in [3.8, 4) is 6.07 Å². The number of rotatable bonds is 1. The molecule has 0 heterocycles. The van der Waals surface area contributed by atoms with Crippen LogP contribution in [0.15, 0.2) is 17.0 Å². The second-order valence-electron chi connectivity index (χ2n) is 2.45. The van der Waals surface area contributed by atoms with Crippen molar-refractivity contribution in [3.05, 3.63) is 29.1 Å². The highest BCUT2D eigenvalue weighted by atomic mass is 32.1. The summed E-state index contributed by atoms with van der Waals surface area (Å²) in [7, 11) is 1.16. The number of hydrogen-bond donors (Lipinski definition) is 1. The SMILES string of the molecule is COC(=O)c1cc(F)cc(S)c1C#N. The molecule has 14 heavy (non-hydrogen) atoms. The number of halogens is 1. The molecule has 3 nitrogen and oxygen atoms in total. The molecule has 0 spiro atoms. The number of nitrogens with zero attached hydrogens (tertiary/aromatic N) is 1. The van der Waals surface area contributed by atoms with Gasteiger partial charge in [0.2, 0.25) is 0 Å². The van der Waals surface area contributed by atoms with Crippen molar-refractivity contribution in [2.45, 2.75) is 4.90 Å². The number of thiol groups is 1. The lowest BCUT2D eigenvalue weighted by Gasteiger charge is -2.03. The number of ether oxygens (including phenoxy) is 1. The van der Waals surface area contributed by atoms with E-state index < -0.39 is 11.8 Å². The van der Waals surface area contributed by atoms with Crippen LogP contribution in [-0.2, 0) is 4.74 Å². The van der Waals surface area contributed by atoms with Crippen LogP contribution < -0.4 is 0 Å². The average Bonchev–Trinajstić information content (AvgIpc) is 2.15. The third kappa shape index (κ3) is 1.86. The topological polar surface area (TPSA) is 50.1 Å². The monoisotopic (exact) mass is 211 g/mol. The van der Waals surface area contributed by atoms with E-state index in [-0.39, 0.29) is 16.0 Å². The van der Waals surface area contributed by atoms with Gasteiger partial charge in [0.25, 0.3) is 0 Å². The molecule has 1 aromatic rings. The number of carbonyl (C=O) groups is 1. The predicted octanol–water partition coefficient (Wildman–Crippen LogP) is 1.77. The Kier molecular flexibility index (Phi) is 3.10. The zero-order valence-electron chi connectivity index (χ0n) is 7.24. The zero-order valence-corrected chi connectivity index (χ0v) is 8.14. The van der Waals surface area contributed by atoms with Crippen LogP contribution in [0.5, 0.6) is 0 Å². The third-order valence-electron chi connectivity index (χ3n) is 1.60. The Bertz CT molecular complexity index is 426. The van der Waals surface area contributed by atoms with Crippen LogP contribution in [0.3, 0.4) is 0 Å². The summed E-state index contributed by atoms with van der Waals surface area (Å²) in [5.74, 6) is -1.38. The molecule has 0 fully saturated rings. The summed E-state index contributed by atoms with van der Waals surface area (Å²) >= 11 is 3.88. The van der Waals surface area contributed by atoms with E-state index in [0.717, 1.165) is 19.2 Å². The summed E-state index contributed by atoms with van der Waals surface area (Å²) in [5.41, 5.74) is -0.0958. The molecule has 0 atom stereocenters. The van der Waals surface area contributed by atoms with Gasteiger partial charge in [0.05, 0.1) is 18.2 Å². The molecule has 1 rings (SSSR count). The Balaban J connectivity index is 3.41. The molecule has 72 valence electrons. The van der Waals surface area contributed by atoms with Gasteiger partial charge in [-0.15, -0.1) is 12.6 Å². The summed E-state index contributed by atoms with van der Waals surface area (Å²) in [5, 5.41) is 8.71. The molecule has 5 heteroatoms. The molecule has 0 saturated carbocycles. The standard InChI is InChI=1S/C9H6FNO2S/c1-13-9(12)6-2-5(10)3-8(14)7(6)4-11/h2-3,14H,1H3. The fraction of sp³-hybridized carbons (Fsp3) is 0.111. The number of benzene rings is 1. The smallest absolute Gasteiger partial charge is 0.339 e. The van der Waals surface area contributed by atoms with Gasteiger partial charge < -0.3 is 4.74 Å². The minimum absolute atomic E-state index is 0.0154. The van der Waals surface area contributed by atoms with E-state index in [0.29, 0.717) is 0 Å². The van der Waals surface area contributed by atoms with E-state index >= 15 is 0 Å². The molecule has 0 aromatic heterocycles. The number of nitriles is 1. The summed E-state index contributed by atoms with van der Waals surface area (Å²) in [4.78, 5) is 11.2. The Morgan fingerprint density at radius 3 is 2.79 bits per heavy atom. The normalized spacial score (nSPS) is 9.29. The second kappa shape index (κ2) is 4.11. The zero-order chi connectivity index (χ0) is 10.7. The van der Waals surface area contributed by atoms with Gasteiger partial charge in [-0.05, 0) is 12.1 Å². The molecule has 0 radical (unpaired) electrons. The van der Waals surface area contributed by atoms with E-state index in [1.165, 1.54) is 0 Å². The van der Waals surface area contributed by atoms with Crippen molar-refractivity contribution in [3.63, 3.8) is 0 Å². The van der Waals surface area contributed by atoms with Crippen molar-refractivity contribution in [1.82, 2.24) is 0 Å². The van der Waals surface area contributed by atoms with Crippen LogP contribution >= 0.6 is 12.6 Å². The molecule has 0 aliphatic carbocycles. The minimum Gasteiger partial charge on any atom is -0.465 e. The lowest BCUT2D eigenvalue weighted by Crippen LogP contribution is -2.05. The Hall–Kier alpha value is -1.54. The molecule has 0 aliphatic rings. The van der Waals surface area contributed by atoms with Crippen LogP contribution in [0, 0.1) is 17.1 Å². The van der Waals surface area contributed by atoms with E-state index in [1.54, 1.807) is 6.07 Å². The summed E-state index contributed by atoms with van der Waals surface area (Å²) in [6.07, 6.45) is 0. The lowest BCUT2D eigenvalue weighted by atomic mass is 10.1. The summed E-state index contributed by atoms with van der Waals surface area (Å²) in [6.45, 7) is 0. The van der Waals surface area contributed by atoms with Crippen LogP contribution in [-0.4, -0.2) is 13.1 Å². The van der Waals surface area contributed by atoms with E-state index in [1.807, 2.05) is 0 Å². The largest absolute Gasteiger partial charge is 0.465 e. The average molecular weight is 211 g/mol. The van der Waals surface area contributed by atoms with E-state index in [2.05, 4.69) is 17.4 Å². The number of esters is 1. The van der Waals surface area contributed by atoms with Gasteiger partial charge >= 0.3 is 5.97 Å². The van der Waals surface area contributed by atoms with E-state index in [9.17, 15) is 9.18 Å². The molecule has 0 unspecified atom stereocenters. The molecule has 0 aliphatic heterocycles. The van der Waals surface area contributed by atoms with Gasteiger partial charge in [-0.1, -0.05) is 0 Å². The Labute approximate surface area is 85.5 Å². The maximum Gasteiger partial charge on any atom is 0.339 e. The first-order chi connectivity index (χ1) is 6.60. The Morgan fingerprint density at radius 1 is 1.64 bits per heavy atom. The summed E-state index contributed by atoms with van der Waals surface area (Å²) < 4.78 is 17.3. The highest BCUT2D eigenvalue weighted by Gasteiger charge is 2.15. The highest BCUT2D eigenvalue weighted by Crippen LogP contribution is 2.20. The van der Waals surface area contributed by atoms with Gasteiger partial charge in [0.1, 0.15) is 11.9 Å². The molecule has 0 N–H and O–H groups in total. The van der Waals surface area contributed by atoms with Crippen LogP contribution in [0.25, 0.3) is 0 Å². The first kappa shape index (κ1) is 10.5. The molecule has 0 saturated heterocycles. The van der Waals surface area contributed by atoms with Crippen molar-refractivity contribution < 1.29 is 13.9 Å².